The third kappa shape index (κ3) is 33.1. The van der Waals surface area contributed by atoms with Crippen molar-refractivity contribution in [1.29, 1.82) is 0 Å². The van der Waals surface area contributed by atoms with E-state index in [4.69, 9.17) is 18.9 Å². The van der Waals surface area contributed by atoms with E-state index in [1.54, 1.807) is 6.08 Å². The van der Waals surface area contributed by atoms with Gasteiger partial charge in [0.1, 0.15) is 48.8 Å². The molecule has 12 unspecified atom stereocenters. The molecule has 0 bridgehead atoms. The molecular formula is C62H115NO13. The number of carbonyl (C=O) groups is 1. The summed E-state index contributed by atoms with van der Waals surface area (Å²) in [5.41, 5.74) is 0. The summed E-state index contributed by atoms with van der Waals surface area (Å²) in [5.74, 6) is -0.253. The molecule has 1 amide bonds. The van der Waals surface area contributed by atoms with Crippen LogP contribution in [0.1, 0.15) is 258 Å². The monoisotopic (exact) mass is 1080 g/mol. The predicted molar refractivity (Wildman–Crippen MR) is 305 cm³/mol. The van der Waals surface area contributed by atoms with E-state index in [0.29, 0.717) is 12.8 Å². The molecule has 76 heavy (non-hydrogen) atoms. The zero-order valence-corrected chi connectivity index (χ0v) is 48.0. The zero-order chi connectivity index (χ0) is 55.3. The molecule has 14 nitrogen and oxygen atoms in total. The maximum Gasteiger partial charge on any atom is 0.220 e. The highest BCUT2D eigenvalue weighted by Gasteiger charge is 2.51. The molecule has 0 aromatic heterocycles. The van der Waals surface area contributed by atoms with Crippen LogP contribution in [0.15, 0.2) is 36.5 Å². The molecule has 2 aliphatic rings. The lowest BCUT2D eigenvalue weighted by atomic mass is 9.97. The van der Waals surface area contributed by atoms with Crippen LogP contribution in [0.25, 0.3) is 0 Å². The predicted octanol–water partition coefficient (Wildman–Crippen LogP) is 11.0. The minimum absolute atomic E-state index is 0.253. The highest BCUT2D eigenvalue weighted by Crippen LogP contribution is 2.30. The summed E-state index contributed by atoms with van der Waals surface area (Å²) in [6, 6.07) is -0.933. The number of unbranched alkanes of at least 4 members (excludes halogenated alkanes) is 34. The zero-order valence-electron chi connectivity index (χ0n) is 48.0. The molecule has 12 atom stereocenters. The first-order valence-electron chi connectivity index (χ1n) is 31.2. The van der Waals surface area contributed by atoms with E-state index in [-0.39, 0.29) is 18.9 Å². The number of hydrogen-bond donors (Lipinski definition) is 9. The lowest BCUT2D eigenvalue weighted by Gasteiger charge is -2.46. The van der Waals surface area contributed by atoms with Gasteiger partial charge in [0.2, 0.25) is 5.91 Å². The van der Waals surface area contributed by atoms with Gasteiger partial charge in [-0.25, -0.2) is 0 Å². The SMILES string of the molecule is C/C=C/CC/C=C/CC/C=C/C(O)C(COC1OC(CO)C(OC2OC(CO)C(O)C(O)C2O)C(O)C1O)NC(=O)CCCCCCCCCCCCCCCCCCCCCCCCCCCCCCCCCCC. The van der Waals surface area contributed by atoms with Crippen LogP contribution in [-0.2, 0) is 23.7 Å². The van der Waals surface area contributed by atoms with Crippen LogP contribution in [0.2, 0.25) is 0 Å². The molecule has 2 fully saturated rings. The Morgan fingerprint density at radius 2 is 0.868 bits per heavy atom. The van der Waals surface area contributed by atoms with Gasteiger partial charge in [-0.05, 0) is 39.0 Å². The second-order valence-electron chi connectivity index (χ2n) is 22.2. The van der Waals surface area contributed by atoms with E-state index >= 15 is 0 Å². The normalized spacial score (nSPS) is 25.1. The quantitative estimate of drug-likeness (QED) is 0.0204. The van der Waals surface area contributed by atoms with Crippen molar-refractivity contribution in [3.8, 4) is 0 Å². The molecule has 0 radical (unpaired) electrons. The number of rotatable bonds is 50. The summed E-state index contributed by atoms with van der Waals surface area (Å²) in [4.78, 5) is 13.2. The highest BCUT2D eigenvalue weighted by atomic mass is 16.7. The molecular weight excluding hydrogens is 967 g/mol. The largest absolute Gasteiger partial charge is 0.394 e. The van der Waals surface area contributed by atoms with Gasteiger partial charge in [-0.1, -0.05) is 249 Å². The lowest BCUT2D eigenvalue weighted by Crippen LogP contribution is -2.65. The van der Waals surface area contributed by atoms with Crippen LogP contribution in [0.4, 0.5) is 0 Å². The summed E-state index contributed by atoms with van der Waals surface area (Å²) < 4.78 is 22.7. The second-order valence-corrected chi connectivity index (χ2v) is 22.2. The van der Waals surface area contributed by atoms with Crippen LogP contribution >= 0.6 is 0 Å². The fourth-order valence-corrected chi connectivity index (χ4v) is 10.4. The van der Waals surface area contributed by atoms with E-state index < -0.39 is 86.8 Å². The molecule has 0 spiro atoms. The van der Waals surface area contributed by atoms with E-state index in [2.05, 4.69) is 30.5 Å². The second kappa shape index (κ2) is 48.0. The van der Waals surface area contributed by atoms with E-state index in [9.17, 15) is 45.6 Å². The third-order valence-corrected chi connectivity index (χ3v) is 15.4. The van der Waals surface area contributed by atoms with Crippen LogP contribution < -0.4 is 5.32 Å². The number of nitrogens with one attached hydrogen (secondary N) is 1. The van der Waals surface area contributed by atoms with Gasteiger partial charge in [-0.15, -0.1) is 0 Å². The number of aliphatic hydroxyl groups is 8. The summed E-state index contributed by atoms with van der Waals surface area (Å²) in [6.07, 6.45) is 42.7. The molecule has 0 saturated carbocycles. The van der Waals surface area contributed by atoms with Gasteiger partial charge in [0, 0.05) is 6.42 Å². The Kier molecular flexibility index (Phi) is 44.4. The van der Waals surface area contributed by atoms with Crippen LogP contribution in [0.5, 0.6) is 0 Å². The van der Waals surface area contributed by atoms with Gasteiger partial charge in [-0.2, -0.15) is 0 Å². The Balaban J connectivity index is 1.57. The molecule has 14 heteroatoms. The average molecular weight is 1080 g/mol. The lowest BCUT2D eigenvalue weighted by molar-refractivity contribution is -0.359. The maximum atomic E-state index is 13.2. The molecule has 0 aliphatic carbocycles. The van der Waals surface area contributed by atoms with Gasteiger partial charge in [0.15, 0.2) is 12.6 Å². The minimum Gasteiger partial charge on any atom is -0.394 e. The Labute approximate surface area is 461 Å². The molecule has 0 aromatic carbocycles. The number of carbonyl (C=O) groups excluding carboxylic acids is 1. The Morgan fingerprint density at radius 1 is 0.487 bits per heavy atom. The van der Waals surface area contributed by atoms with Crippen molar-refractivity contribution in [2.24, 2.45) is 0 Å². The van der Waals surface area contributed by atoms with Gasteiger partial charge in [-0.3, -0.25) is 4.79 Å². The number of amides is 1. The molecule has 9 N–H and O–H groups in total. The van der Waals surface area contributed by atoms with E-state index in [1.807, 2.05) is 19.1 Å². The Morgan fingerprint density at radius 3 is 1.29 bits per heavy atom. The number of ether oxygens (including phenoxy) is 4. The molecule has 0 aromatic rings. The molecule has 2 rings (SSSR count). The first kappa shape index (κ1) is 70.3. The van der Waals surface area contributed by atoms with Crippen molar-refractivity contribution >= 4 is 5.91 Å². The van der Waals surface area contributed by atoms with E-state index in [0.717, 1.165) is 38.5 Å². The minimum atomic E-state index is -1.79. The van der Waals surface area contributed by atoms with Crippen LogP contribution in [-0.4, -0.2) is 140 Å². The summed E-state index contributed by atoms with van der Waals surface area (Å²) >= 11 is 0. The number of hydrogen-bond acceptors (Lipinski definition) is 13. The third-order valence-electron chi connectivity index (χ3n) is 15.4. The summed E-state index contributed by atoms with van der Waals surface area (Å²) in [7, 11) is 0. The Hall–Kier alpha value is -1.79. The first-order chi connectivity index (χ1) is 37.1. The van der Waals surface area contributed by atoms with Gasteiger partial charge in [0.25, 0.3) is 0 Å². The maximum absolute atomic E-state index is 13.2. The summed E-state index contributed by atoms with van der Waals surface area (Å²) in [5, 5.41) is 86.7. The van der Waals surface area contributed by atoms with Crippen LogP contribution in [0.3, 0.4) is 0 Å². The molecule has 2 heterocycles. The van der Waals surface area contributed by atoms with E-state index in [1.165, 1.54) is 186 Å². The van der Waals surface area contributed by atoms with Crippen molar-refractivity contribution in [2.75, 3.05) is 19.8 Å². The fraction of sp³-hybridized carbons (Fsp3) is 0.887. The number of aliphatic hydroxyl groups excluding tert-OH is 8. The highest BCUT2D eigenvalue weighted by molar-refractivity contribution is 5.76. The Bertz CT molecular complexity index is 1410. The van der Waals surface area contributed by atoms with Crippen LogP contribution in [0, 0.1) is 0 Å². The van der Waals surface area contributed by atoms with Crippen molar-refractivity contribution in [3.63, 3.8) is 0 Å². The molecule has 446 valence electrons. The fourth-order valence-electron chi connectivity index (χ4n) is 10.4. The standard InChI is InChI=1S/C62H115NO13/c1-3-5-7-9-11-13-14-15-16-17-18-19-20-21-22-23-24-25-26-27-28-29-30-31-32-33-34-35-36-38-40-42-44-46-54(67)63-50(51(66)45-43-41-39-37-12-10-8-6-4-2)49-73-61-59(72)57(70)60(53(48-65)75-61)76-62-58(71)56(69)55(68)52(47-64)74-62/h4,6,12,37,43,45,50-53,55-62,64-66,68-72H,3,5,7-11,13-36,38-42,44,46-49H2,1-2H3,(H,63,67)/b6-4+,37-12+,45-43+. The average Bonchev–Trinajstić information content (AvgIpc) is 3.42. The van der Waals surface area contributed by atoms with Gasteiger partial charge < -0.3 is 65.1 Å². The smallest absolute Gasteiger partial charge is 0.220 e. The van der Waals surface area contributed by atoms with Crippen molar-refractivity contribution in [1.82, 2.24) is 5.32 Å². The van der Waals surface area contributed by atoms with Crippen molar-refractivity contribution in [3.05, 3.63) is 36.5 Å². The van der Waals surface area contributed by atoms with Crippen molar-refractivity contribution < 1.29 is 64.6 Å². The first-order valence-corrected chi connectivity index (χ1v) is 31.2. The molecule has 2 aliphatic heterocycles. The van der Waals surface area contributed by atoms with Gasteiger partial charge >= 0.3 is 0 Å². The van der Waals surface area contributed by atoms with Crippen molar-refractivity contribution in [2.45, 2.75) is 331 Å². The number of allylic oxidation sites excluding steroid dienone is 5. The van der Waals surface area contributed by atoms with Gasteiger partial charge in [0.05, 0.1) is 32.0 Å². The molecule has 2 saturated heterocycles. The summed E-state index contributed by atoms with van der Waals surface area (Å²) in [6.45, 7) is 2.55. The topological polar surface area (TPSA) is 228 Å².